The Bertz CT molecular complexity index is 725. The molecule has 0 spiro atoms. The maximum absolute atomic E-state index is 13.1. The second-order valence-corrected chi connectivity index (χ2v) is 7.53. The van der Waals surface area contributed by atoms with Crippen LogP contribution in [0, 0.1) is 0 Å². The number of hydrogen-bond acceptors (Lipinski definition) is 3. The summed E-state index contributed by atoms with van der Waals surface area (Å²) in [4.78, 5) is 4.16. The van der Waals surface area contributed by atoms with E-state index in [0.717, 1.165) is 18.7 Å². The first-order valence-corrected chi connectivity index (χ1v) is 9.38. The van der Waals surface area contributed by atoms with Gasteiger partial charge < -0.3 is 4.90 Å². The Labute approximate surface area is 146 Å². The molecule has 2 aromatic carbocycles. The van der Waals surface area contributed by atoms with Crippen LogP contribution >= 0.6 is 23.9 Å². The molecule has 4 heteroatoms. The zero-order valence-electron chi connectivity index (χ0n) is 13.4. The molecule has 1 aliphatic heterocycles. The van der Waals surface area contributed by atoms with Crippen LogP contribution in [0.2, 0.25) is 0 Å². The predicted molar refractivity (Wildman–Crippen MR) is 99.7 cm³/mol. The van der Waals surface area contributed by atoms with E-state index in [1.807, 2.05) is 23.9 Å². The van der Waals surface area contributed by atoms with Gasteiger partial charge in [0, 0.05) is 22.1 Å². The quantitative estimate of drug-likeness (QED) is 0.705. The predicted octanol–water partition coefficient (Wildman–Crippen LogP) is 5.65. The van der Waals surface area contributed by atoms with Crippen molar-refractivity contribution >= 4 is 29.5 Å². The lowest BCUT2D eigenvalue weighted by molar-refractivity contribution is 0.417. The molecular weight excluding hydrogens is 325 g/mol. The molecule has 0 aromatic heterocycles. The fraction of sp³-hybridized carbons (Fsp3) is 0.263. The fourth-order valence-corrected chi connectivity index (χ4v) is 4.14. The van der Waals surface area contributed by atoms with Gasteiger partial charge in [-0.2, -0.15) is 3.89 Å². The highest BCUT2D eigenvalue weighted by atomic mass is 32.2. The summed E-state index contributed by atoms with van der Waals surface area (Å²) < 4.78 is 13.1. The average molecular weight is 346 g/mol. The van der Waals surface area contributed by atoms with Crippen molar-refractivity contribution in [3.63, 3.8) is 0 Å². The van der Waals surface area contributed by atoms with E-state index in [9.17, 15) is 3.89 Å². The Morgan fingerprint density at radius 3 is 2.78 bits per heavy atom. The molecule has 0 atom stereocenters. The summed E-state index contributed by atoms with van der Waals surface area (Å²) in [6.45, 7) is 1.01. The molecule has 0 fully saturated rings. The second kappa shape index (κ2) is 7.56. The summed E-state index contributed by atoms with van der Waals surface area (Å²) in [7, 11) is 4.17. The van der Waals surface area contributed by atoms with E-state index in [2.05, 4.69) is 55.4 Å². The van der Waals surface area contributed by atoms with Crippen LogP contribution in [0.25, 0.3) is 5.57 Å². The number of halogens is 1. The maximum atomic E-state index is 13.1. The van der Waals surface area contributed by atoms with Crippen LogP contribution in [0.4, 0.5) is 3.89 Å². The largest absolute Gasteiger partial charge is 0.309 e. The molecule has 2 aromatic rings. The summed E-state index contributed by atoms with van der Waals surface area (Å²) in [6.07, 6.45) is 3.28. The van der Waals surface area contributed by atoms with Crippen molar-refractivity contribution in [1.29, 1.82) is 0 Å². The number of nitrogens with zero attached hydrogens (tertiary/aromatic N) is 1. The van der Waals surface area contributed by atoms with Crippen molar-refractivity contribution in [2.24, 2.45) is 0 Å². The highest BCUT2D eigenvalue weighted by Crippen LogP contribution is 2.41. The second-order valence-electron chi connectivity index (χ2n) is 5.89. The molecule has 23 heavy (non-hydrogen) atoms. The third-order valence-electron chi connectivity index (χ3n) is 3.95. The maximum Gasteiger partial charge on any atom is 0.0812 e. The van der Waals surface area contributed by atoms with Crippen molar-refractivity contribution in [2.75, 3.05) is 20.6 Å². The standard InChI is InChI=1S/C19H20FNS2/c1-21(2)11-5-7-16-17-6-3-4-8-19(17)22-13-14-9-10-15(23-20)12-18(14)16/h3-4,6-10,12H,5,11,13H2,1-2H3/b16-7-. The smallest absolute Gasteiger partial charge is 0.0812 e. The van der Waals surface area contributed by atoms with Crippen LogP contribution in [0.1, 0.15) is 23.1 Å². The Hall–Kier alpha value is -1.23. The summed E-state index contributed by atoms with van der Waals surface area (Å²) in [5.74, 6) is 0.925. The Morgan fingerprint density at radius 1 is 1.17 bits per heavy atom. The van der Waals surface area contributed by atoms with E-state index in [0.29, 0.717) is 17.0 Å². The fourth-order valence-electron chi connectivity index (χ4n) is 2.78. The van der Waals surface area contributed by atoms with Crippen molar-refractivity contribution in [1.82, 2.24) is 4.90 Å². The van der Waals surface area contributed by atoms with Gasteiger partial charge in [-0.3, -0.25) is 0 Å². The molecule has 0 saturated heterocycles. The highest BCUT2D eigenvalue weighted by Gasteiger charge is 2.18. The Kier molecular flexibility index (Phi) is 5.46. The van der Waals surface area contributed by atoms with Gasteiger partial charge in [0.15, 0.2) is 0 Å². The van der Waals surface area contributed by atoms with Crippen molar-refractivity contribution in [3.05, 3.63) is 65.2 Å². The molecular formula is C19H20FNS2. The summed E-state index contributed by atoms with van der Waals surface area (Å²) in [6, 6.07) is 14.4. The Balaban J connectivity index is 2.10. The topological polar surface area (TPSA) is 3.24 Å². The van der Waals surface area contributed by atoms with Crippen molar-refractivity contribution < 1.29 is 3.89 Å². The van der Waals surface area contributed by atoms with Crippen LogP contribution in [0.15, 0.2) is 58.3 Å². The normalized spacial score (nSPS) is 15.4. The van der Waals surface area contributed by atoms with Gasteiger partial charge in [-0.05, 0) is 61.0 Å². The van der Waals surface area contributed by atoms with Crippen LogP contribution < -0.4 is 0 Å². The lowest BCUT2D eigenvalue weighted by Gasteiger charge is -2.13. The van der Waals surface area contributed by atoms with E-state index in [4.69, 9.17) is 0 Å². The SMILES string of the molecule is CN(C)CC/C=C1\c2cc(SF)ccc2CSc2ccccc21. The minimum Gasteiger partial charge on any atom is -0.309 e. The first-order valence-electron chi connectivity index (χ1n) is 7.68. The molecule has 0 N–H and O–H groups in total. The first-order chi connectivity index (χ1) is 11.2. The van der Waals surface area contributed by atoms with Crippen LogP contribution in [0.5, 0.6) is 0 Å². The molecule has 0 aliphatic carbocycles. The zero-order valence-corrected chi connectivity index (χ0v) is 15.0. The van der Waals surface area contributed by atoms with E-state index >= 15 is 0 Å². The van der Waals surface area contributed by atoms with E-state index < -0.39 is 0 Å². The molecule has 1 nitrogen and oxygen atoms in total. The van der Waals surface area contributed by atoms with Gasteiger partial charge in [0.05, 0.1) is 12.1 Å². The zero-order chi connectivity index (χ0) is 16.2. The number of hydrogen-bond donors (Lipinski definition) is 0. The molecule has 120 valence electrons. The summed E-state index contributed by atoms with van der Waals surface area (Å²) >= 11 is 2.18. The average Bonchev–Trinajstić information content (AvgIpc) is 2.71. The molecule has 0 saturated carbocycles. The van der Waals surface area contributed by atoms with Gasteiger partial charge in [0.2, 0.25) is 0 Å². The Morgan fingerprint density at radius 2 is 2.00 bits per heavy atom. The van der Waals surface area contributed by atoms with Gasteiger partial charge in [-0.1, -0.05) is 30.3 Å². The third kappa shape index (κ3) is 3.82. The van der Waals surface area contributed by atoms with Gasteiger partial charge in [0.25, 0.3) is 0 Å². The van der Waals surface area contributed by atoms with E-state index in [1.165, 1.54) is 27.2 Å². The lowest BCUT2D eigenvalue weighted by Crippen LogP contribution is -2.12. The molecule has 0 radical (unpaired) electrons. The van der Waals surface area contributed by atoms with Gasteiger partial charge in [0.1, 0.15) is 0 Å². The molecule has 3 rings (SSSR count). The van der Waals surface area contributed by atoms with Crippen LogP contribution in [-0.2, 0) is 5.75 Å². The lowest BCUT2D eigenvalue weighted by atomic mass is 9.93. The molecule has 1 aliphatic rings. The van der Waals surface area contributed by atoms with Gasteiger partial charge in [-0.15, -0.1) is 11.8 Å². The molecule has 1 heterocycles. The van der Waals surface area contributed by atoms with Gasteiger partial charge >= 0.3 is 0 Å². The van der Waals surface area contributed by atoms with E-state index in [-0.39, 0.29) is 0 Å². The van der Waals surface area contributed by atoms with Crippen LogP contribution in [-0.4, -0.2) is 25.5 Å². The number of thioether (sulfide) groups is 1. The molecule has 0 bridgehead atoms. The van der Waals surface area contributed by atoms with Crippen molar-refractivity contribution in [2.45, 2.75) is 22.0 Å². The number of benzene rings is 2. The summed E-state index contributed by atoms with van der Waals surface area (Å²) in [5, 5.41) is 0. The number of rotatable bonds is 4. The van der Waals surface area contributed by atoms with Gasteiger partial charge in [-0.25, -0.2) is 0 Å². The van der Waals surface area contributed by atoms with Crippen LogP contribution in [0.3, 0.4) is 0 Å². The monoisotopic (exact) mass is 345 g/mol. The highest BCUT2D eigenvalue weighted by molar-refractivity contribution is 7.98. The molecule has 0 unspecified atom stereocenters. The van der Waals surface area contributed by atoms with E-state index in [1.54, 1.807) is 0 Å². The minimum atomic E-state index is 0.318. The molecule has 0 amide bonds. The minimum absolute atomic E-state index is 0.318. The number of fused-ring (bicyclic) bond motifs is 2. The third-order valence-corrected chi connectivity index (χ3v) is 5.50. The first kappa shape index (κ1) is 16.6. The van der Waals surface area contributed by atoms with Crippen molar-refractivity contribution in [3.8, 4) is 0 Å². The summed E-state index contributed by atoms with van der Waals surface area (Å²) in [5.41, 5.74) is 4.94.